The van der Waals surface area contributed by atoms with Gasteiger partial charge in [0.25, 0.3) is 5.91 Å². The number of nitrogens with zero attached hydrogens (tertiary/aromatic N) is 4. The summed E-state index contributed by atoms with van der Waals surface area (Å²) in [5, 5.41) is 14.3. The molecule has 1 aliphatic heterocycles. The number of hydrogen-bond donors (Lipinski definition) is 2. The van der Waals surface area contributed by atoms with Gasteiger partial charge in [0, 0.05) is 43.6 Å². The lowest BCUT2D eigenvalue weighted by Crippen LogP contribution is -2.31. The van der Waals surface area contributed by atoms with Crippen LogP contribution in [0.3, 0.4) is 0 Å². The lowest BCUT2D eigenvalue weighted by molar-refractivity contribution is 0.0942. The second kappa shape index (κ2) is 7.17. The lowest BCUT2D eigenvalue weighted by atomic mass is 10.1. The second-order valence-corrected chi connectivity index (χ2v) is 6.63. The average molecular weight is 330 g/mol. The van der Waals surface area contributed by atoms with Crippen LogP contribution in [-0.4, -0.2) is 50.4 Å². The zero-order valence-corrected chi connectivity index (χ0v) is 14.7. The topological polar surface area (TPSA) is 78.8 Å². The van der Waals surface area contributed by atoms with Crippen LogP contribution < -0.4 is 5.32 Å². The van der Waals surface area contributed by atoms with Crippen LogP contribution in [0.2, 0.25) is 0 Å². The molecule has 3 heterocycles. The third-order valence-electron chi connectivity index (χ3n) is 4.63. The van der Waals surface area contributed by atoms with Gasteiger partial charge < -0.3 is 5.32 Å². The molecule has 2 aromatic heterocycles. The Morgan fingerprint density at radius 1 is 1.46 bits per heavy atom. The number of carbonyl (C=O) groups excluding carboxylic acids is 1. The minimum absolute atomic E-state index is 0.0992. The summed E-state index contributed by atoms with van der Waals surface area (Å²) in [7, 11) is 0. The zero-order valence-electron chi connectivity index (χ0n) is 14.7. The van der Waals surface area contributed by atoms with Crippen molar-refractivity contribution in [2.45, 2.75) is 40.3 Å². The van der Waals surface area contributed by atoms with E-state index < -0.39 is 0 Å². The van der Waals surface area contributed by atoms with Gasteiger partial charge in [-0.2, -0.15) is 10.2 Å². The third kappa shape index (κ3) is 3.84. The number of aromatic amines is 1. The van der Waals surface area contributed by atoms with Crippen molar-refractivity contribution < 1.29 is 4.79 Å². The van der Waals surface area contributed by atoms with Gasteiger partial charge in [-0.1, -0.05) is 0 Å². The predicted molar refractivity (Wildman–Crippen MR) is 91.7 cm³/mol. The van der Waals surface area contributed by atoms with E-state index in [0.29, 0.717) is 18.2 Å². The Labute approximate surface area is 142 Å². The molecule has 2 N–H and O–H groups in total. The number of amides is 1. The number of nitrogens with one attached hydrogen (secondary N) is 2. The van der Waals surface area contributed by atoms with Gasteiger partial charge in [-0.25, -0.2) is 0 Å². The van der Waals surface area contributed by atoms with E-state index in [1.165, 1.54) is 5.56 Å². The van der Waals surface area contributed by atoms with Crippen LogP contribution in [0.1, 0.15) is 40.8 Å². The first-order valence-corrected chi connectivity index (χ1v) is 8.60. The van der Waals surface area contributed by atoms with E-state index in [1.807, 2.05) is 11.6 Å². The largest absolute Gasteiger partial charge is 0.350 e. The SMILES string of the molecule is CCn1cc(CN2CC[C@H](CNC(=O)c3cc(C)[nH]n3)C2)c(C)n1. The van der Waals surface area contributed by atoms with Gasteiger partial charge in [0.1, 0.15) is 5.69 Å². The summed E-state index contributed by atoms with van der Waals surface area (Å²) in [6, 6.07) is 1.77. The van der Waals surface area contributed by atoms with Gasteiger partial charge in [-0.3, -0.25) is 19.5 Å². The summed E-state index contributed by atoms with van der Waals surface area (Å²) in [6.07, 6.45) is 3.26. The zero-order chi connectivity index (χ0) is 17.1. The Bertz CT molecular complexity index is 704. The molecule has 0 aliphatic carbocycles. The Kier molecular flexibility index (Phi) is 4.99. The van der Waals surface area contributed by atoms with Crippen molar-refractivity contribution >= 4 is 5.91 Å². The maximum atomic E-state index is 12.0. The predicted octanol–water partition coefficient (Wildman–Crippen LogP) is 1.49. The molecule has 1 atom stereocenters. The number of H-pyrrole nitrogens is 1. The highest BCUT2D eigenvalue weighted by molar-refractivity contribution is 5.92. The van der Waals surface area contributed by atoms with Crippen molar-refractivity contribution in [3.63, 3.8) is 0 Å². The number of hydrogen-bond acceptors (Lipinski definition) is 4. The minimum Gasteiger partial charge on any atom is -0.350 e. The number of carbonyl (C=O) groups is 1. The monoisotopic (exact) mass is 330 g/mol. The first-order valence-electron chi connectivity index (χ1n) is 8.60. The third-order valence-corrected chi connectivity index (χ3v) is 4.63. The molecular formula is C17H26N6O. The molecule has 0 radical (unpaired) electrons. The second-order valence-electron chi connectivity index (χ2n) is 6.63. The first kappa shape index (κ1) is 16.7. The van der Waals surface area contributed by atoms with Crippen LogP contribution in [0.4, 0.5) is 0 Å². The van der Waals surface area contributed by atoms with Crippen LogP contribution in [0.25, 0.3) is 0 Å². The molecule has 1 amide bonds. The lowest BCUT2D eigenvalue weighted by Gasteiger charge is -2.15. The van der Waals surface area contributed by atoms with E-state index in [1.54, 1.807) is 6.07 Å². The van der Waals surface area contributed by atoms with Gasteiger partial charge in [0.05, 0.1) is 5.69 Å². The number of aryl methyl sites for hydroxylation is 3. The number of rotatable bonds is 6. The van der Waals surface area contributed by atoms with Crippen LogP contribution in [0.15, 0.2) is 12.3 Å². The highest BCUT2D eigenvalue weighted by Crippen LogP contribution is 2.19. The standard InChI is InChI=1S/C17H26N6O/c1-4-23-11-15(13(3)21-23)10-22-6-5-14(9-22)8-18-17(24)16-7-12(2)19-20-16/h7,11,14H,4-6,8-10H2,1-3H3,(H,18,24)(H,19,20)/t14-/m1/s1. The van der Waals surface area contributed by atoms with Crippen molar-refractivity contribution in [1.82, 2.24) is 30.2 Å². The minimum atomic E-state index is -0.0992. The molecule has 0 saturated carbocycles. The van der Waals surface area contributed by atoms with E-state index in [0.717, 1.165) is 44.0 Å². The molecule has 1 fully saturated rings. The molecule has 130 valence electrons. The molecule has 3 rings (SSSR count). The maximum Gasteiger partial charge on any atom is 0.271 e. The smallest absolute Gasteiger partial charge is 0.271 e. The maximum absolute atomic E-state index is 12.0. The number of likely N-dealkylation sites (tertiary alicyclic amines) is 1. The fourth-order valence-electron chi connectivity index (χ4n) is 3.20. The Morgan fingerprint density at radius 2 is 2.29 bits per heavy atom. The van der Waals surface area contributed by atoms with E-state index in [4.69, 9.17) is 0 Å². The van der Waals surface area contributed by atoms with Crippen molar-refractivity contribution in [1.29, 1.82) is 0 Å². The van der Waals surface area contributed by atoms with Gasteiger partial charge >= 0.3 is 0 Å². The van der Waals surface area contributed by atoms with Crippen molar-refractivity contribution in [2.75, 3.05) is 19.6 Å². The number of aromatic nitrogens is 4. The summed E-state index contributed by atoms with van der Waals surface area (Å²) in [5.74, 6) is 0.397. The van der Waals surface area contributed by atoms with Crippen LogP contribution >= 0.6 is 0 Å². The van der Waals surface area contributed by atoms with Crippen molar-refractivity contribution in [3.05, 3.63) is 34.9 Å². The Morgan fingerprint density at radius 3 is 2.96 bits per heavy atom. The molecule has 7 nitrogen and oxygen atoms in total. The molecule has 7 heteroatoms. The molecule has 0 unspecified atom stereocenters. The van der Waals surface area contributed by atoms with Crippen LogP contribution in [0, 0.1) is 19.8 Å². The Hall–Kier alpha value is -2.15. The van der Waals surface area contributed by atoms with Crippen molar-refractivity contribution in [2.24, 2.45) is 5.92 Å². The van der Waals surface area contributed by atoms with Gasteiger partial charge in [0.2, 0.25) is 0 Å². The fourth-order valence-corrected chi connectivity index (χ4v) is 3.20. The Balaban J connectivity index is 1.47. The van der Waals surface area contributed by atoms with Gasteiger partial charge in [-0.05, 0) is 45.7 Å². The molecule has 1 aliphatic rings. The van der Waals surface area contributed by atoms with Gasteiger partial charge in [0.15, 0.2) is 0 Å². The fraction of sp³-hybridized carbons (Fsp3) is 0.588. The highest BCUT2D eigenvalue weighted by Gasteiger charge is 2.24. The summed E-state index contributed by atoms with van der Waals surface area (Å²) in [6.45, 7) is 10.7. The normalized spacial score (nSPS) is 18.2. The quantitative estimate of drug-likeness (QED) is 0.841. The average Bonchev–Trinajstić information content (AvgIpc) is 3.27. The van der Waals surface area contributed by atoms with Gasteiger partial charge in [-0.15, -0.1) is 0 Å². The molecule has 1 saturated heterocycles. The van der Waals surface area contributed by atoms with Crippen LogP contribution in [-0.2, 0) is 13.1 Å². The summed E-state index contributed by atoms with van der Waals surface area (Å²) in [5.41, 5.74) is 3.77. The van der Waals surface area contributed by atoms with Crippen molar-refractivity contribution in [3.8, 4) is 0 Å². The summed E-state index contributed by atoms with van der Waals surface area (Å²) >= 11 is 0. The van der Waals surface area contributed by atoms with E-state index in [2.05, 4.69) is 45.6 Å². The molecule has 2 aromatic rings. The summed E-state index contributed by atoms with van der Waals surface area (Å²) < 4.78 is 1.99. The first-order chi connectivity index (χ1) is 11.5. The van der Waals surface area contributed by atoms with E-state index >= 15 is 0 Å². The highest BCUT2D eigenvalue weighted by atomic mass is 16.1. The van der Waals surface area contributed by atoms with Crippen LogP contribution in [0.5, 0.6) is 0 Å². The summed E-state index contributed by atoms with van der Waals surface area (Å²) in [4.78, 5) is 14.5. The molecule has 24 heavy (non-hydrogen) atoms. The molecule has 0 bridgehead atoms. The van der Waals surface area contributed by atoms with E-state index in [9.17, 15) is 4.79 Å². The molecular weight excluding hydrogens is 304 g/mol. The molecule has 0 aromatic carbocycles. The molecule has 0 spiro atoms. The van der Waals surface area contributed by atoms with E-state index in [-0.39, 0.29) is 5.91 Å².